The van der Waals surface area contributed by atoms with E-state index in [-0.39, 0.29) is 34.7 Å². The van der Waals surface area contributed by atoms with Gasteiger partial charge in [-0.05, 0) is 99.4 Å². The van der Waals surface area contributed by atoms with Crippen LogP contribution in [0.2, 0.25) is 0 Å². The summed E-state index contributed by atoms with van der Waals surface area (Å²) >= 11 is 0. The topological polar surface area (TPSA) is 112 Å². The number of hydrogen-bond acceptors (Lipinski definition) is 8. The highest BCUT2D eigenvalue weighted by Gasteiger charge is 2.67. The third-order valence-corrected chi connectivity index (χ3v) is 12.3. The van der Waals surface area contributed by atoms with E-state index >= 15 is 0 Å². The van der Waals surface area contributed by atoms with Crippen LogP contribution in [0, 0.1) is 34.5 Å². The molecule has 2 N–H and O–H groups in total. The summed E-state index contributed by atoms with van der Waals surface area (Å²) < 4.78 is 23.0. The molecule has 0 aromatic carbocycles. The summed E-state index contributed by atoms with van der Waals surface area (Å²) in [5.41, 5.74) is 0.334. The van der Waals surface area contributed by atoms with Gasteiger partial charge in [-0.15, -0.1) is 0 Å². The summed E-state index contributed by atoms with van der Waals surface area (Å²) in [7, 11) is 0. The van der Waals surface area contributed by atoms with Gasteiger partial charge in [0.25, 0.3) is 0 Å². The Kier molecular flexibility index (Phi) is 6.96. The maximum absolute atomic E-state index is 12.4. The van der Waals surface area contributed by atoms with E-state index in [1.54, 1.807) is 13.0 Å². The average molecular weight is 547 g/mol. The Bertz CT molecular complexity index is 1030. The highest BCUT2D eigenvalue weighted by atomic mass is 16.7. The van der Waals surface area contributed by atoms with Gasteiger partial charge >= 0.3 is 11.9 Å². The molecule has 0 aromatic heterocycles. The Morgan fingerprint density at radius 2 is 1.85 bits per heavy atom. The SMILES string of the molecule is CC(=O)O[C@H]1C[C@H](O[C@H]2CC[C@@]3(C)[C@H](CC[C@@H]4[C@@H]3CC[C@]3(C)[C@@H](C5=CC(=O)OC5)CC[C@]43O)C2)O[C@@H](C)[C@H]1O. The van der Waals surface area contributed by atoms with Crippen LogP contribution in [0.5, 0.6) is 0 Å². The Morgan fingerprint density at radius 1 is 1.05 bits per heavy atom. The molecule has 8 heteroatoms. The van der Waals surface area contributed by atoms with Gasteiger partial charge in [-0.2, -0.15) is 0 Å². The highest BCUT2D eigenvalue weighted by molar-refractivity contribution is 5.85. The van der Waals surface area contributed by atoms with Crippen molar-refractivity contribution in [2.24, 2.45) is 34.5 Å². The molecule has 0 radical (unpaired) electrons. The zero-order chi connectivity index (χ0) is 27.7. The van der Waals surface area contributed by atoms with Crippen molar-refractivity contribution >= 4 is 11.9 Å². The van der Waals surface area contributed by atoms with E-state index in [0.29, 0.717) is 24.9 Å². The van der Waals surface area contributed by atoms with Gasteiger partial charge < -0.3 is 29.2 Å². The van der Waals surface area contributed by atoms with Gasteiger partial charge in [-0.25, -0.2) is 4.79 Å². The molecule has 1 saturated heterocycles. The van der Waals surface area contributed by atoms with Crippen LogP contribution in [-0.2, 0) is 28.5 Å². The monoisotopic (exact) mass is 546 g/mol. The molecule has 8 nitrogen and oxygen atoms in total. The summed E-state index contributed by atoms with van der Waals surface area (Å²) in [5, 5.41) is 22.8. The molecule has 4 saturated carbocycles. The number of esters is 2. The Morgan fingerprint density at radius 3 is 2.56 bits per heavy atom. The molecule has 39 heavy (non-hydrogen) atoms. The van der Waals surface area contributed by atoms with Gasteiger partial charge in [0.15, 0.2) is 6.29 Å². The van der Waals surface area contributed by atoms with E-state index in [4.69, 9.17) is 18.9 Å². The van der Waals surface area contributed by atoms with Gasteiger partial charge in [-0.1, -0.05) is 13.8 Å². The van der Waals surface area contributed by atoms with Gasteiger partial charge in [0.05, 0.1) is 17.8 Å². The molecule has 2 heterocycles. The van der Waals surface area contributed by atoms with Crippen molar-refractivity contribution in [3.05, 3.63) is 11.6 Å². The van der Waals surface area contributed by atoms with Crippen molar-refractivity contribution in [1.29, 1.82) is 0 Å². The first-order valence-corrected chi connectivity index (χ1v) is 15.2. The lowest BCUT2D eigenvalue weighted by molar-refractivity contribution is -0.273. The molecule has 0 spiro atoms. The second kappa shape index (κ2) is 9.81. The number of aliphatic hydroxyl groups is 2. The van der Waals surface area contributed by atoms with Crippen molar-refractivity contribution < 1.29 is 38.7 Å². The molecule has 5 fully saturated rings. The van der Waals surface area contributed by atoms with E-state index in [2.05, 4.69) is 13.8 Å². The fraction of sp³-hybridized carbons (Fsp3) is 0.871. The number of carbonyl (C=O) groups excluding carboxylic acids is 2. The highest BCUT2D eigenvalue weighted by Crippen LogP contribution is 2.70. The summed E-state index contributed by atoms with van der Waals surface area (Å²) in [6, 6.07) is 0. The Labute approximate surface area is 231 Å². The predicted octanol–water partition coefficient (Wildman–Crippen LogP) is 4.06. The zero-order valence-electron chi connectivity index (χ0n) is 23.9. The van der Waals surface area contributed by atoms with Crippen molar-refractivity contribution in [2.75, 3.05) is 6.61 Å². The summed E-state index contributed by atoms with van der Waals surface area (Å²) in [4.78, 5) is 23.3. The summed E-state index contributed by atoms with van der Waals surface area (Å²) in [6.45, 7) is 8.27. The molecule has 2 aliphatic heterocycles. The third kappa shape index (κ3) is 4.39. The minimum absolute atomic E-state index is 0.0738. The molecule has 4 aliphatic carbocycles. The van der Waals surface area contributed by atoms with Gasteiger partial charge in [-0.3, -0.25) is 4.79 Å². The van der Waals surface area contributed by atoms with Crippen molar-refractivity contribution in [3.8, 4) is 0 Å². The zero-order valence-corrected chi connectivity index (χ0v) is 23.9. The number of cyclic esters (lactones) is 1. The van der Waals surface area contributed by atoms with Gasteiger partial charge in [0, 0.05) is 24.8 Å². The fourth-order valence-corrected chi connectivity index (χ4v) is 10.1. The number of ether oxygens (including phenoxy) is 4. The smallest absolute Gasteiger partial charge is 0.331 e. The minimum atomic E-state index is -0.852. The molecular weight excluding hydrogens is 500 g/mol. The van der Waals surface area contributed by atoms with Crippen molar-refractivity contribution in [2.45, 2.75) is 128 Å². The minimum Gasteiger partial charge on any atom is -0.459 e. The van der Waals surface area contributed by atoms with E-state index in [0.717, 1.165) is 63.4 Å². The van der Waals surface area contributed by atoms with Crippen molar-refractivity contribution in [1.82, 2.24) is 0 Å². The van der Waals surface area contributed by atoms with Crippen LogP contribution >= 0.6 is 0 Å². The van der Waals surface area contributed by atoms with E-state index in [9.17, 15) is 19.8 Å². The predicted molar refractivity (Wildman–Crippen MR) is 141 cm³/mol. The molecule has 0 bridgehead atoms. The Balaban J connectivity index is 1.13. The fourth-order valence-electron chi connectivity index (χ4n) is 10.1. The van der Waals surface area contributed by atoms with Crippen LogP contribution in [-0.4, -0.2) is 65.1 Å². The molecule has 0 unspecified atom stereocenters. The second-order valence-electron chi connectivity index (χ2n) is 14.0. The summed E-state index contributed by atoms with van der Waals surface area (Å²) in [5.74, 6) is 0.874. The second-order valence-corrected chi connectivity index (χ2v) is 14.0. The van der Waals surface area contributed by atoms with E-state index in [1.807, 2.05) is 0 Å². The number of hydrogen-bond donors (Lipinski definition) is 2. The number of fused-ring (bicyclic) bond motifs is 5. The van der Waals surface area contributed by atoms with Crippen LogP contribution in [0.4, 0.5) is 0 Å². The molecule has 6 rings (SSSR count). The van der Waals surface area contributed by atoms with Crippen LogP contribution in [0.1, 0.15) is 91.9 Å². The lowest BCUT2D eigenvalue weighted by atomic mass is 9.43. The molecule has 0 amide bonds. The van der Waals surface area contributed by atoms with Crippen molar-refractivity contribution in [3.63, 3.8) is 0 Å². The van der Waals surface area contributed by atoms with Crippen LogP contribution in [0.15, 0.2) is 11.6 Å². The Hall–Kier alpha value is -1.48. The first-order chi connectivity index (χ1) is 18.4. The number of aliphatic hydroxyl groups excluding tert-OH is 1. The van der Waals surface area contributed by atoms with Gasteiger partial charge in [0.2, 0.25) is 0 Å². The summed E-state index contributed by atoms with van der Waals surface area (Å²) in [6.07, 6.45) is 8.59. The first kappa shape index (κ1) is 27.7. The lowest BCUT2D eigenvalue weighted by Gasteiger charge is -2.64. The maximum atomic E-state index is 12.4. The maximum Gasteiger partial charge on any atom is 0.331 e. The number of carbonyl (C=O) groups is 2. The molecule has 12 atom stereocenters. The van der Waals surface area contributed by atoms with E-state index in [1.165, 1.54) is 6.92 Å². The molecule has 6 aliphatic rings. The van der Waals surface area contributed by atoms with Crippen LogP contribution in [0.3, 0.4) is 0 Å². The third-order valence-electron chi connectivity index (χ3n) is 12.3. The first-order valence-electron chi connectivity index (χ1n) is 15.2. The quantitative estimate of drug-likeness (QED) is 0.401. The van der Waals surface area contributed by atoms with E-state index < -0.39 is 36.2 Å². The lowest BCUT2D eigenvalue weighted by Crippen LogP contribution is -2.62. The average Bonchev–Trinajstić information content (AvgIpc) is 3.42. The normalized spacial score (nSPS) is 51.3. The van der Waals surface area contributed by atoms with Crippen LogP contribution < -0.4 is 0 Å². The molecule has 0 aromatic rings. The van der Waals surface area contributed by atoms with Gasteiger partial charge in [0.1, 0.15) is 18.8 Å². The molecule has 218 valence electrons. The standard InChI is InChI=1S/C31H46O8/c1-17-28(34)25(38-18(2)32)15-27(37-17)39-21-7-10-29(3)20(14-21)5-6-24-23(29)8-11-30(4)22(9-12-31(24,30)35)19-13-26(33)36-16-19/h13,17,20-25,27-28,34-35H,5-12,14-16H2,1-4H3/t17-,20+,21-,22+,23-,24+,25-,27-,28+,29-,30+,31-/m0/s1. The molecular formula is C31H46O8. The largest absolute Gasteiger partial charge is 0.459 e. The van der Waals surface area contributed by atoms with Crippen LogP contribution in [0.25, 0.3) is 0 Å². The number of rotatable bonds is 4.